The Labute approximate surface area is 115 Å². The second kappa shape index (κ2) is 6.20. The third kappa shape index (κ3) is 2.98. The zero-order valence-corrected chi connectivity index (χ0v) is 12.0. The maximum absolute atomic E-state index is 12.8. The minimum atomic E-state index is 0.151. The van der Waals surface area contributed by atoms with Gasteiger partial charge in [0.15, 0.2) is 0 Å². The molecule has 1 saturated heterocycles. The summed E-state index contributed by atoms with van der Waals surface area (Å²) in [4.78, 5) is 14.8. The Hall–Kier alpha value is -1.35. The minimum Gasteiger partial charge on any atom is -0.334 e. The molecular weight excluding hydrogens is 236 g/mol. The van der Waals surface area contributed by atoms with Crippen molar-refractivity contribution in [1.29, 1.82) is 0 Å². The molecule has 19 heavy (non-hydrogen) atoms. The molecule has 1 aromatic rings. The van der Waals surface area contributed by atoms with Crippen molar-refractivity contribution in [2.75, 3.05) is 13.1 Å². The normalized spacial score (nSPS) is 20.2. The van der Waals surface area contributed by atoms with Crippen LogP contribution >= 0.6 is 0 Å². The van der Waals surface area contributed by atoms with Crippen LogP contribution in [0.2, 0.25) is 0 Å². The molecule has 1 fully saturated rings. The zero-order chi connectivity index (χ0) is 13.8. The van der Waals surface area contributed by atoms with E-state index in [2.05, 4.69) is 13.0 Å². The van der Waals surface area contributed by atoms with E-state index < -0.39 is 0 Å². The molecule has 0 aromatic heterocycles. The number of nitrogens with zero attached hydrogens (tertiary/aromatic N) is 1. The van der Waals surface area contributed by atoms with Crippen LogP contribution in [-0.4, -0.2) is 29.9 Å². The highest BCUT2D eigenvalue weighted by Gasteiger charge is 2.26. The second-order valence-corrected chi connectivity index (χ2v) is 5.48. The zero-order valence-electron chi connectivity index (χ0n) is 12.0. The molecule has 2 rings (SSSR count). The van der Waals surface area contributed by atoms with E-state index in [9.17, 15) is 4.79 Å². The van der Waals surface area contributed by atoms with Gasteiger partial charge < -0.3 is 10.6 Å². The van der Waals surface area contributed by atoms with E-state index in [4.69, 9.17) is 5.73 Å². The maximum atomic E-state index is 12.8. The molecule has 0 aliphatic carbocycles. The molecule has 1 aliphatic rings. The Morgan fingerprint density at radius 2 is 2.11 bits per heavy atom. The first-order valence-electron chi connectivity index (χ1n) is 7.22. The molecule has 2 N–H and O–H groups in total. The monoisotopic (exact) mass is 260 g/mol. The highest BCUT2D eigenvalue weighted by Crippen LogP contribution is 2.21. The van der Waals surface area contributed by atoms with Gasteiger partial charge in [0.05, 0.1) is 0 Å². The highest BCUT2D eigenvalue weighted by molar-refractivity contribution is 5.96. The van der Waals surface area contributed by atoms with Crippen molar-refractivity contribution in [3.05, 3.63) is 34.9 Å². The predicted molar refractivity (Wildman–Crippen MR) is 78.3 cm³/mol. The van der Waals surface area contributed by atoms with Gasteiger partial charge in [-0.2, -0.15) is 0 Å². The van der Waals surface area contributed by atoms with Crippen LogP contribution in [0.25, 0.3) is 0 Å². The van der Waals surface area contributed by atoms with Crippen molar-refractivity contribution in [2.24, 2.45) is 5.73 Å². The minimum absolute atomic E-state index is 0.151. The number of likely N-dealkylation sites (tertiary alicyclic amines) is 1. The van der Waals surface area contributed by atoms with Crippen molar-refractivity contribution >= 4 is 5.91 Å². The first-order valence-corrected chi connectivity index (χ1v) is 7.22. The standard InChI is InChI=1S/C16H24N2O/c1-12-7-6-9-15(13(12)2)16(19)18-10-5-3-4-8-14(18)11-17/h6-7,9,14H,3-5,8,10-11,17H2,1-2H3. The second-order valence-electron chi connectivity index (χ2n) is 5.48. The van der Waals surface area contributed by atoms with Gasteiger partial charge in [0.1, 0.15) is 0 Å². The molecule has 3 nitrogen and oxygen atoms in total. The fourth-order valence-electron chi connectivity index (χ4n) is 2.83. The van der Waals surface area contributed by atoms with Crippen molar-refractivity contribution in [2.45, 2.75) is 45.6 Å². The smallest absolute Gasteiger partial charge is 0.254 e. The van der Waals surface area contributed by atoms with Crippen LogP contribution in [0.3, 0.4) is 0 Å². The molecule has 1 heterocycles. The number of carbonyl (C=O) groups excluding carboxylic acids is 1. The van der Waals surface area contributed by atoms with E-state index >= 15 is 0 Å². The van der Waals surface area contributed by atoms with Crippen LogP contribution in [-0.2, 0) is 0 Å². The number of amides is 1. The van der Waals surface area contributed by atoms with Crippen molar-refractivity contribution < 1.29 is 4.79 Å². The van der Waals surface area contributed by atoms with Gasteiger partial charge in [-0.15, -0.1) is 0 Å². The molecule has 1 unspecified atom stereocenters. The van der Waals surface area contributed by atoms with E-state index in [0.29, 0.717) is 6.54 Å². The molecule has 0 saturated carbocycles. The molecule has 1 atom stereocenters. The predicted octanol–water partition coefficient (Wildman–Crippen LogP) is 2.65. The quantitative estimate of drug-likeness (QED) is 0.888. The summed E-state index contributed by atoms with van der Waals surface area (Å²) in [5.74, 6) is 0.151. The van der Waals surface area contributed by atoms with E-state index in [0.717, 1.165) is 30.5 Å². The summed E-state index contributed by atoms with van der Waals surface area (Å²) in [6.07, 6.45) is 4.51. The number of hydrogen-bond donors (Lipinski definition) is 1. The van der Waals surface area contributed by atoms with Crippen LogP contribution in [0.5, 0.6) is 0 Å². The molecule has 104 valence electrons. The SMILES string of the molecule is Cc1cccc(C(=O)N2CCCCCC2CN)c1C. The summed E-state index contributed by atoms with van der Waals surface area (Å²) in [5.41, 5.74) is 8.95. The van der Waals surface area contributed by atoms with Crippen LogP contribution in [0.1, 0.15) is 47.2 Å². The molecule has 0 spiro atoms. The Kier molecular flexibility index (Phi) is 4.59. The summed E-state index contributed by atoms with van der Waals surface area (Å²) in [7, 11) is 0. The summed E-state index contributed by atoms with van der Waals surface area (Å²) in [6, 6.07) is 6.15. The van der Waals surface area contributed by atoms with E-state index in [1.807, 2.05) is 24.0 Å². The van der Waals surface area contributed by atoms with Gasteiger partial charge in [-0.1, -0.05) is 25.0 Å². The average molecular weight is 260 g/mol. The lowest BCUT2D eigenvalue weighted by Gasteiger charge is -2.29. The van der Waals surface area contributed by atoms with Crippen molar-refractivity contribution in [3.63, 3.8) is 0 Å². The van der Waals surface area contributed by atoms with Crippen LogP contribution in [0.4, 0.5) is 0 Å². The Bertz CT molecular complexity index is 456. The summed E-state index contributed by atoms with van der Waals surface area (Å²) in [5, 5.41) is 0. The molecule has 1 aliphatic heterocycles. The third-order valence-corrected chi connectivity index (χ3v) is 4.25. The lowest BCUT2D eigenvalue weighted by Crippen LogP contribution is -2.44. The van der Waals surface area contributed by atoms with Crippen molar-refractivity contribution in [3.8, 4) is 0 Å². The van der Waals surface area contributed by atoms with Gasteiger partial charge in [0.25, 0.3) is 5.91 Å². The van der Waals surface area contributed by atoms with Gasteiger partial charge in [0.2, 0.25) is 0 Å². The molecule has 0 radical (unpaired) electrons. The maximum Gasteiger partial charge on any atom is 0.254 e. The summed E-state index contributed by atoms with van der Waals surface area (Å²) in [6.45, 7) is 5.48. The van der Waals surface area contributed by atoms with Gasteiger partial charge in [-0.25, -0.2) is 0 Å². The van der Waals surface area contributed by atoms with E-state index in [1.165, 1.54) is 18.4 Å². The molecule has 0 bridgehead atoms. The Morgan fingerprint density at radius 3 is 2.84 bits per heavy atom. The van der Waals surface area contributed by atoms with E-state index in [-0.39, 0.29) is 11.9 Å². The first-order chi connectivity index (χ1) is 9.15. The largest absolute Gasteiger partial charge is 0.334 e. The fraction of sp³-hybridized carbons (Fsp3) is 0.562. The number of nitrogens with two attached hydrogens (primary N) is 1. The summed E-state index contributed by atoms with van der Waals surface area (Å²) >= 11 is 0. The van der Waals surface area contributed by atoms with Gasteiger partial charge in [-0.3, -0.25) is 4.79 Å². The average Bonchev–Trinajstić information content (AvgIpc) is 2.66. The van der Waals surface area contributed by atoms with E-state index in [1.54, 1.807) is 0 Å². The highest BCUT2D eigenvalue weighted by atomic mass is 16.2. The van der Waals surface area contributed by atoms with Crippen LogP contribution in [0, 0.1) is 13.8 Å². The van der Waals surface area contributed by atoms with Gasteiger partial charge >= 0.3 is 0 Å². The first kappa shape index (κ1) is 14.1. The molecule has 1 amide bonds. The number of hydrogen-bond acceptors (Lipinski definition) is 2. The van der Waals surface area contributed by atoms with Crippen LogP contribution in [0.15, 0.2) is 18.2 Å². The summed E-state index contributed by atoms with van der Waals surface area (Å²) < 4.78 is 0. The number of carbonyl (C=O) groups is 1. The Balaban J connectivity index is 2.28. The molecule has 1 aromatic carbocycles. The van der Waals surface area contributed by atoms with Crippen LogP contribution < -0.4 is 5.73 Å². The molecule has 3 heteroatoms. The van der Waals surface area contributed by atoms with Crippen molar-refractivity contribution in [1.82, 2.24) is 4.90 Å². The topological polar surface area (TPSA) is 46.3 Å². The number of benzene rings is 1. The lowest BCUT2D eigenvalue weighted by atomic mass is 10.0. The number of aryl methyl sites for hydroxylation is 1. The number of rotatable bonds is 2. The fourth-order valence-corrected chi connectivity index (χ4v) is 2.83. The Morgan fingerprint density at radius 1 is 1.32 bits per heavy atom. The van der Waals surface area contributed by atoms with Gasteiger partial charge in [-0.05, 0) is 43.9 Å². The third-order valence-electron chi connectivity index (χ3n) is 4.25. The lowest BCUT2D eigenvalue weighted by molar-refractivity contribution is 0.0688. The van der Waals surface area contributed by atoms with Gasteiger partial charge in [0, 0.05) is 24.7 Å². The molecular formula is C16H24N2O.